The molecule has 0 saturated heterocycles. The quantitative estimate of drug-likeness (QED) is 0.535. The summed E-state index contributed by atoms with van der Waals surface area (Å²) in [5.74, 6) is 0.554. The number of benzene rings is 1. The summed E-state index contributed by atoms with van der Waals surface area (Å²) in [4.78, 5) is 20.7. The molecule has 0 saturated carbocycles. The lowest BCUT2D eigenvalue weighted by atomic mass is 10.1. The molecular weight excluding hydrogens is 400 g/mol. The minimum Gasteiger partial charge on any atom is -0.444 e. The van der Waals surface area contributed by atoms with Crippen LogP contribution in [-0.4, -0.2) is 21.0 Å². The molecule has 0 atom stereocenters. The van der Waals surface area contributed by atoms with Crippen LogP contribution in [0.3, 0.4) is 0 Å². The molecule has 0 aliphatic heterocycles. The molecule has 3 aromatic heterocycles. The van der Waals surface area contributed by atoms with Gasteiger partial charge in [-0.05, 0) is 52.3 Å². The second-order valence-electron chi connectivity index (χ2n) is 5.26. The van der Waals surface area contributed by atoms with Gasteiger partial charge in [0.15, 0.2) is 10.4 Å². The van der Waals surface area contributed by atoms with Gasteiger partial charge in [-0.15, -0.1) is 0 Å². The van der Waals surface area contributed by atoms with Gasteiger partial charge in [-0.1, -0.05) is 17.3 Å². The largest absolute Gasteiger partial charge is 0.444 e. The molecule has 7 nitrogen and oxygen atoms in total. The van der Waals surface area contributed by atoms with Crippen LogP contribution in [0.1, 0.15) is 10.6 Å². The van der Waals surface area contributed by atoms with Crippen molar-refractivity contribution in [3.8, 4) is 22.8 Å². The minimum absolute atomic E-state index is 0.190. The number of furan rings is 1. The zero-order valence-corrected chi connectivity index (χ0v) is 14.8. The Bertz CT molecular complexity index is 1060. The van der Waals surface area contributed by atoms with Crippen molar-refractivity contribution in [2.24, 2.45) is 0 Å². The van der Waals surface area contributed by atoms with E-state index >= 15 is 0 Å². The van der Waals surface area contributed by atoms with Crippen molar-refractivity contribution in [2.75, 3.05) is 5.32 Å². The van der Waals surface area contributed by atoms with Crippen molar-refractivity contribution in [2.45, 2.75) is 0 Å². The summed E-state index contributed by atoms with van der Waals surface area (Å²) in [6.45, 7) is 0. The molecule has 0 radical (unpaired) electrons. The minimum atomic E-state index is -0.378. The van der Waals surface area contributed by atoms with Crippen LogP contribution in [-0.2, 0) is 0 Å². The van der Waals surface area contributed by atoms with Crippen molar-refractivity contribution < 1.29 is 13.7 Å². The number of amides is 1. The van der Waals surface area contributed by atoms with Crippen molar-refractivity contribution in [3.05, 3.63) is 71.4 Å². The van der Waals surface area contributed by atoms with Gasteiger partial charge >= 0.3 is 0 Å². The highest BCUT2D eigenvalue weighted by Crippen LogP contribution is 2.29. The summed E-state index contributed by atoms with van der Waals surface area (Å²) < 4.78 is 11.1. The second kappa shape index (κ2) is 6.93. The molecule has 0 aliphatic carbocycles. The molecule has 0 bridgehead atoms. The van der Waals surface area contributed by atoms with Crippen LogP contribution in [0.4, 0.5) is 5.69 Å². The number of carbonyl (C=O) groups excluding carboxylic acids is 1. The van der Waals surface area contributed by atoms with E-state index in [4.69, 9.17) is 8.94 Å². The Kier molecular flexibility index (Phi) is 4.32. The molecule has 1 N–H and O–H groups in total. The first kappa shape index (κ1) is 16.2. The Morgan fingerprint density at radius 1 is 1.04 bits per heavy atom. The summed E-state index contributed by atoms with van der Waals surface area (Å²) in [5.41, 5.74) is 1.94. The van der Waals surface area contributed by atoms with Crippen molar-refractivity contribution >= 4 is 27.5 Å². The number of anilines is 1. The monoisotopic (exact) mass is 410 g/mol. The van der Waals surface area contributed by atoms with Crippen molar-refractivity contribution in [1.29, 1.82) is 0 Å². The molecule has 26 heavy (non-hydrogen) atoms. The Morgan fingerprint density at radius 2 is 1.85 bits per heavy atom. The van der Waals surface area contributed by atoms with E-state index in [1.807, 2.05) is 6.07 Å². The summed E-state index contributed by atoms with van der Waals surface area (Å²) in [6, 6.07) is 14.0. The number of pyridine rings is 1. The maximum absolute atomic E-state index is 12.3. The van der Waals surface area contributed by atoms with E-state index in [1.165, 1.54) is 0 Å². The van der Waals surface area contributed by atoms with Gasteiger partial charge in [0.05, 0.1) is 11.3 Å². The van der Waals surface area contributed by atoms with Gasteiger partial charge in [-0.2, -0.15) is 4.98 Å². The molecule has 0 spiro atoms. The number of hydrogen-bond donors (Lipinski definition) is 1. The Labute approximate surface area is 156 Å². The molecule has 1 aromatic carbocycles. The Balaban J connectivity index is 1.64. The number of hydrogen-bond acceptors (Lipinski definition) is 6. The van der Waals surface area contributed by atoms with Crippen LogP contribution in [0.2, 0.25) is 0 Å². The number of halogens is 1. The summed E-state index contributed by atoms with van der Waals surface area (Å²) in [6.07, 6.45) is 3.31. The third-order valence-corrected chi connectivity index (χ3v) is 3.99. The first-order chi connectivity index (χ1) is 12.7. The molecule has 4 rings (SSSR count). The van der Waals surface area contributed by atoms with Crippen LogP contribution in [0, 0.1) is 0 Å². The highest BCUT2D eigenvalue weighted by atomic mass is 79.9. The van der Waals surface area contributed by atoms with Gasteiger partial charge in [-0.3, -0.25) is 9.78 Å². The third-order valence-electron chi connectivity index (χ3n) is 3.57. The SMILES string of the molecule is O=C(Nc1ccccc1-c1nc(-c2ccncc2)no1)c1ccc(Br)o1. The predicted molar refractivity (Wildman–Crippen MR) is 97.3 cm³/mol. The second-order valence-corrected chi connectivity index (χ2v) is 6.04. The van der Waals surface area contributed by atoms with Crippen LogP contribution in [0.5, 0.6) is 0 Å². The smallest absolute Gasteiger partial charge is 0.291 e. The van der Waals surface area contributed by atoms with E-state index < -0.39 is 0 Å². The van der Waals surface area contributed by atoms with E-state index in [9.17, 15) is 4.79 Å². The lowest BCUT2D eigenvalue weighted by Crippen LogP contribution is -2.11. The standard InChI is InChI=1S/C18H11BrN4O3/c19-15-6-5-14(25-15)17(24)21-13-4-2-1-3-12(13)18-22-16(23-26-18)11-7-9-20-10-8-11/h1-10H,(H,21,24). The summed E-state index contributed by atoms with van der Waals surface area (Å²) in [5, 5.41) is 6.79. The normalized spacial score (nSPS) is 10.7. The van der Waals surface area contributed by atoms with Crippen molar-refractivity contribution in [3.63, 3.8) is 0 Å². The fraction of sp³-hybridized carbons (Fsp3) is 0. The van der Waals surface area contributed by atoms with Gasteiger partial charge in [0.25, 0.3) is 11.8 Å². The van der Waals surface area contributed by atoms with Crippen LogP contribution < -0.4 is 5.32 Å². The molecule has 0 unspecified atom stereocenters. The lowest BCUT2D eigenvalue weighted by Gasteiger charge is -2.06. The highest BCUT2D eigenvalue weighted by molar-refractivity contribution is 9.10. The number of carbonyl (C=O) groups is 1. The Morgan fingerprint density at radius 3 is 2.62 bits per heavy atom. The van der Waals surface area contributed by atoms with Gasteiger partial charge < -0.3 is 14.3 Å². The maximum atomic E-state index is 12.3. The van der Waals surface area contributed by atoms with E-state index in [0.29, 0.717) is 27.6 Å². The first-order valence-corrected chi connectivity index (χ1v) is 8.40. The lowest BCUT2D eigenvalue weighted by molar-refractivity contribution is 0.0995. The van der Waals surface area contributed by atoms with Crippen LogP contribution >= 0.6 is 15.9 Å². The average molecular weight is 411 g/mol. The van der Waals surface area contributed by atoms with Gasteiger partial charge in [0, 0.05) is 18.0 Å². The molecule has 1 amide bonds. The van der Waals surface area contributed by atoms with Crippen molar-refractivity contribution in [1.82, 2.24) is 15.1 Å². The fourth-order valence-corrected chi connectivity index (χ4v) is 2.66. The summed E-state index contributed by atoms with van der Waals surface area (Å²) >= 11 is 3.18. The molecule has 0 fully saturated rings. The van der Waals surface area contributed by atoms with Crippen LogP contribution in [0.15, 0.2) is 74.5 Å². The molecule has 4 aromatic rings. The predicted octanol–water partition coefficient (Wildman–Crippen LogP) is 4.41. The van der Waals surface area contributed by atoms with E-state index in [0.717, 1.165) is 5.56 Å². The maximum Gasteiger partial charge on any atom is 0.291 e. The summed E-state index contributed by atoms with van der Waals surface area (Å²) in [7, 11) is 0. The topological polar surface area (TPSA) is 94.1 Å². The van der Waals surface area contributed by atoms with Gasteiger partial charge in [0.2, 0.25) is 5.82 Å². The van der Waals surface area contributed by atoms with Crippen LogP contribution in [0.25, 0.3) is 22.8 Å². The molecule has 8 heteroatoms. The number of nitrogens with one attached hydrogen (secondary N) is 1. The molecular formula is C18H11BrN4O3. The number of para-hydroxylation sites is 1. The van der Waals surface area contributed by atoms with Gasteiger partial charge in [0.1, 0.15) is 0 Å². The molecule has 0 aliphatic rings. The number of rotatable bonds is 4. The van der Waals surface area contributed by atoms with E-state index in [-0.39, 0.29) is 11.7 Å². The highest BCUT2D eigenvalue weighted by Gasteiger charge is 2.17. The van der Waals surface area contributed by atoms with Gasteiger partial charge in [-0.25, -0.2) is 0 Å². The number of nitrogens with zero attached hydrogens (tertiary/aromatic N) is 3. The zero-order valence-electron chi connectivity index (χ0n) is 13.2. The zero-order chi connectivity index (χ0) is 17.9. The van der Waals surface area contributed by atoms with E-state index in [1.54, 1.807) is 54.9 Å². The first-order valence-electron chi connectivity index (χ1n) is 7.61. The Hall–Kier alpha value is -3.26. The average Bonchev–Trinajstić information content (AvgIpc) is 3.32. The third kappa shape index (κ3) is 3.27. The fourth-order valence-electron chi connectivity index (χ4n) is 2.35. The molecule has 3 heterocycles. The molecule has 128 valence electrons. The number of aromatic nitrogens is 3. The van der Waals surface area contributed by atoms with E-state index in [2.05, 4.69) is 36.4 Å².